The van der Waals surface area contributed by atoms with Crippen molar-refractivity contribution in [3.05, 3.63) is 66.2 Å². The predicted octanol–water partition coefficient (Wildman–Crippen LogP) is 3.55. The molecule has 0 fully saturated rings. The van der Waals surface area contributed by atoms with Gasteiger partial charge in [0.15, 0.2) is 11.5 Å². The average molecular weight is 394 g/mol. The Labute approximate surface area is 166 Å². The van der Waals surface area contributed by atoms with Gasteiger partial charge in [0, 0.05) is 18.3 Å². The number of amides is 1. The number of rotatable bonds is 7. The van der Waals surface area contributed by atoms with E-state index in [0.717, 1.165) is 0 Å². The molecule has 28 heavy (non-hydrogen) atoms. The van der Waals surface area contributed by atoms with Gasteiger partial charge in [0.1, 0.15) is 10.8 Å². The number of anilines is 2. The number of carbonyl (C=O) groups is 1. The lowest BCUT2D eigenvalue weighted by molar-refractivity contribution is -0.113. The van der Waals surface area contributed by atoms with Gasteiger partial charge < -0.3 is 20.1 Å². The third-order valence-corrected chi connectivity index (χ3v) is 4.88. The lowest BCUT2D eigenvalue weighted by atomic mass is 10.2. The first-order valence-electron chi connectivity index (χ1n) is 8.70. The maximum absolute atomic E-state index is 12.1. The molecule has 0 atom stereocenters. The molecule has 1 aliphatic rings. The molecule has 0 aliphatic carbocycles. The van der Waals surface area contributed by atoms with Crippen LogP contribution in [0.1, 0.15) is 5.56 Å². The maximum Gasteiger partial charge on any atom is 0.234 e. The lowest BCUT2D eigenvalue weighted by Gasteiger charge is -2.07. The predicted molar refractivity (Wildman–Crippen MR) is 108 cm³/mol. The van der Waals surface area contributed by atoms with Crippen LogP contribution in [0.5, 0.6) is 11.5 Å². The average Bonchev–Trinajstić information content (AvgIpc) is 3.20. The molecule has 1 aliphatic heterocycles. The van der Waals surface area contributed by atoms with Gasteiger partial charge in [-0.25, -0.2) is 0 Å². The van der Waals surface area contributed by atoms with E-state index in [9.17, 15) is 4.79 Å². The van der Waals surface area contributed by atoms with Crippen molar-refractivity contribution >= 4 is 29.2 Å². The van der Waals surface area contributed by atoms with E-state index in [4.69, 9.17) is 9.47 Å². The zero-order valence-electron chi connectivity index (χ0n) is 14.9. The Kier molecular flexibility index (Phi) is 5.58. The first kappa shape index (κ1) is 18.1. The van der Waals surface area contributed by atoms with Crippen molar-refractivity contribution in [3.63, 3.8) is 0 Å². The van der Waals surface area contributed by atoms with Crippen molar-refractivity contribution in [2.24, 2.45) is 0 Å². The summed E-state index contributed by atoms with van der Waals surface area (Å²) < 4.78 is 10.6. The van der Waals surface area contributed by atoms with E-state index < -0.39 is 0 Å². The molecule has 0 saturated heterocycles. The van der Waals surface area contributed by atoms with E-state index in [1.165, 1.54) is 17.3 Å². The summed E-state index contributed by atoms with van der Waals surface area (Å²) in [6.45, 7) is 0.886. The fraction of sp³-hybridized carbons (Fsp3) is 0.150. The third-order valence-electron chi connectivity index (χ3n) is 3.96. The molecular weight excluding hydrogens is 376 g/mol. The molecule has 3 aromatic rings. The van der Waals surface area contributed by atoms with Gasteiger partial charge in [-0.2, -0.15) is 0 Å². The molecule has 0 radical (unpaired) electrons. The molecule has 142 valence electrons. The highest BCUT2D eigenvalue weighted by Crippen LogP contribution is 2.34. The highest BCUT2D eigenvalue weighted by atomic mass is 32.2. The summed E-state index contributed by atoms with van der Waals surface area (Å²) in [7, 11) is 0. The fourth-order valence-electron chi connectivity index (χ4n) is 2.59. The lowest BCUT2D eigenvalue weighted by Crippen LogP contribution is -2.14. The second-order valence-corrected chi connectivity index (χ2v) is 7.00. The molecule has 0 saturated carbocycles. The molecule has 2 aromatic carbocycles. The second-order valence-electron chi connectivity index (χ2n) is 6.00. The van der Waals surface area contributed by atoms with Gasteiger partial charge in [-0.05, 0) is 29.8 Å². The van der Waals surface area contributed by atoms with Crippen molar-refractivity contribution in [3.8, 4) is 11.5 Å². The highest BCUT2D eigenvalue weighted by Gasteiger charge is 2.14. The van der Waals surface area contributed by atoms with Crippen LogP contribution in [0.3, 0.4) is 0 Å². The molecule has 0 unspecified atom stereocenters. The number of carbonyl (C=O) groups excluding carboxylic acids is 1. The van der Waals surface area contributed by atoms with E-state index in [1.807, 2.05) is 42.5 Å². The summed E-state index contributed by atoms with van der Waals surface area (Å²) in [6, 6.07) is 19.1. The van der Waals surface area contributed by atoms with Gasteiger partial charge in [0.25, 0.3) is 0 Å². The molecule has 2 heterocycles. The van der Waals surface area contributed by atoms with E-state index in [0.29, 0.717) is 34.6 Å². The van der Waals surface area contributed by atoms with Crippen LogP contribution < -0.4 is 20.1 Å². The number of benzene rings is 2. The zero-order chi connectivity index (χ0) is 19.2. The minimum atomic E-state index is -0.128. The largest absolute Gasteiger partial charge is 0.454 e. The van der Waals surface area contributed by atoms with Crippen LogP contribution in [0.4, 0.5) is 11.5 Å². The quantitative estimate of drug-likeness (QED) is 0.593. The Morgan fingerprint density at radius 3 is 2.68 bits per heavy atom. The molecule has 0 bridgehead atoms. The molecule has 1 aromatic heterocycles. The fourth-order valence-corrected chi connectivity index (χ4v) is 3.20. The number of aromatic nitrogens is 2. The Bertz CT molecular complexity index is 951. The second kappa shape index (κ2) is 8.62. The van der Waals surface area contributed by atoms with Gasteiger partial charge in [-0.1, -0.05) is 42.1 Å². The summed E-state index contributed by atoms with van der Waals surface area (Å²) in [5.74, 6) is 2.12. The Morgan fingerprint density at radius 2 is 1.86 bits per heavy atom. The normalized spacial score (nSPS) is 11.9. The van der Waals surface area contributed by atoms with E-state index >= 15 is 0 Å². The first-order valence-corrected chi connectivity index (χ1v) is 9.69. The molecule has 8 heteroatoms. The van der Waals surface area contributed by atoms with Crippen LogP contribution in [0.2, 0.25) is 0 Å². The molecule has 2 N–H and O–H groups in total. The Hall–Kier alpha value is -3.26. The standard InChI is InChI=1S/C20H18N4O3S/c25-19(22-15-6-7-16-17(10-15)27-13-26-16)12-28-20-9-8-18(23-24-20)21-11-14-4-2-1-3-5-14/h1-10H,11-13H2,(H,21,23)(H,22,25). The van der Waals surface area contributed by atoms with Crippen LogP contribution in [0, 0.1) is 0 Å². The number of fused-ring (bicyclic) bond motifs is 1. The van der Waals surface area contributed by atoms with Crippen molar-refractivity contribution < 1.29 is 14.3 Å². The van der Waals surface area contributed by atoms with Crippen LogP contribution in [0.25, 0.3) is 0 Å². The minimum Gasteiger partial charge on any atom is -0.454 e. The summed E-state index contributed by atoms with van der Waals surface area (Å²) in [5.41, 5.74) is 1.84. The Morgan fingerprint density at radius 1 is 1.00 bits per heavy atom. The first-order chi connectivity index (χ1) is 13.8. The van der Waals surface area contributed by atoms with Crippen LogP contribution >= 0.6 is 11.8 Å². The van der Waals surface area contributed by atoms with Gasteiger partial charge in [-0.15, -0.1) is 10.2 Å². The maximum atomic E-state index is 12.1. The molecule has 7 nitrogen and oxygen atoms in total. The smallest absolute Gasteiger partial charge is 0.234 e. The van der Waals surface area contributed by atoms with E-state index in [-0.39, 0.29) is 18.5 Å². The Balaban J connectivity index is 1.24. The number of nitrogens with one attached hydrogen (secondary N) is 2. The summed E-state index contributed by atoms with van der Waals surface area (Å²) in [5, 5.41) is 15.0. The van der Waals surface area contributed by atoms with Crippen LogP contribution in [-0.2, 0) is 11.3 Å². The number of nitrogens with zero attached hydrogens (tertiary/aromatic N) is 2. The molecular formula is C20H18N4O3S. The number of ether oxygens (including phenoxy) is 2. The van der Waals surface area contributed by atoms with Crippen molar-refractivity contribution in [1.82, 2.24) is 10.2 Å². The monoisotopic (exact) mass is 394 g/mol. The number of hydrogen-bond donors (Lipinski definition) is 2. The van der Waals surface area contributed by atoms with Crippen LogP contribution in [-0.4, -0.2) is 28.7 Å². The minimum absolute atomic E-state index is 0.128. The molecule has 4 rings (SSSR count). The van der Waals surface area contributed by atoms with Gasteiger partial charge in [0.05, 0.1) is 5.75 Å². The molecule has 0 spiro atoms. The number of hydrogen-bond acceptors (Lipinski definition) is 7. The highest BCUT2D eigenvalue weighted by molar-refractivity contribution is 7.99. The summed E-state index contributed by atoms with van der Waals surface area (Å²) in [4.78, 5) is 12.1. The van der Waals surface area contributed by atoms with Gasteiger partial charge in [-0.3, -0.25) is 4.79 Å². The summed E-state index contributed by atoms with van der Waals surface area (Å²) in [6.07, 6.45) is 0. The van der Waals surface area contributed by atoms with Crippen LogP contribution in [0.15, 0.2) is 65.7 Å². The van der Waals surface area contributed by atoms with Crippen molar-refractivity contribution in [1.29, 1.82) is 0 Å². The molecule has 1 amide bonds. The van der Waals surface area contributed by atoms with E-state index in [1.54, 1.807) is 18.2 Å². The van der Waals surface area contributed by atoms with Crippen molar-refractivity contribution in [2.75, 3.05) is 23.2 Å². The number of thioether (sulfide) groups is 1. The summed E-state index contributed by atoms with van der Waals surface area (Å²) >= 11 is 1.33. The van der Waals surface area contributed by atoms with Gasteiger partial charge >= 0.3 is 0 Å². The SMILES string of the molecule is O=C(CSc1ccc(NCc2ccccc2)nn1)Nc1ccc2c(c1)OCO2. The van der Waals surface area contributed by atoms with E-state index in [2.05, 4.69) is 20.8 Å². The van der Waals surface area contributed by atoms with Crippen molar-refractivity contribution in [2.45, 2.75) is 11.6 Å². The zero-order valence-corrected chi connectivity index (χ0v) is 15.7. The van der Waals surface area contributed by atoms with Gasteiger partial charge in [0.2, 0.25) is 12.7 Å². The topological polar surface area (TPSA) is 85.4 Å². The third kappa shape index (κ3) is 4.72.